The van der Waals surface area contributed by atoms with Crippen LogP contribution in [-0.4, -0.2) is 36.2 Å². The van der Waals surface area contributed by atoms with E-state index in [9.17, 15) is 18.4 Å². The number of hydrogen-bond donors (Lipinski definition) is 4. The van der Waals surface area contributed by atoms with Crippen LogP contribution in [0.15, 0.2) is 24.3 Å². The number of halogens is 2. The molecule has 144 valence electrons. The molecule has 0 aromatic heterocycles. The second kappa shape index (κ2) is 8.45. The third kappa shape index (κ3) is 4.50. The lowest BCUT2D eigenvalue weighted by molar-refractivity contribution is 0.0686. The quantitative estimate of drug-likeness (QED) is 0.557. The summed E-state index contributed by atoms with van der Waals surface area (Å²) in [5.74, 6) is -4.06. The molecule has 2 aromatic rings. The maximum Gasteiger partial charge on any atom is 0.337 e. The van der Waals surface area contributed by atoms with Gasteiger partial charge in [-0.1, -0.05) is 0 Å². The summed E-state index contributed by atoms with van der Waals surface area (Å²) < 4.78 is 33.5. The number of ether oxygens (including phenoxy) is 1. The number of benzene rings is 2. The van der Waals surface area contributed by atoms with Crippen molar-refractivity contribution in [1.29, 1.82) is 0 Å². The van der Waals surface area contributed by atoms with E-state index in [-0.39, 0.29) is 46.8 Å². The van der Waals surface area contributed by atoms with Crippen molar-refractivity contribution in [2.24, 2.45) is 0 Å². The van der Waals surface area contributed by atoms with Crippen LogP contribution >= 0.6 is 0 Å². The van der Waals surface area contributed by atoms with Crippen LogP contribution in [0.2, 0.25) is 0 Å². The number of nitrogens with one attached hydrogen (secondary N) is 2. The van der Waals surface area contributed by atoms with Crippen molar-refractivity contribution in [1.82, 2.24) is 0 Å². The van der Waals surface area contributed by atoms with Crippen molar-refractivity contribution < 1.29 is 33.3 Å². The van der Waals surface area contributed by atoms with E-state index < -0.39 is 23.6 Å². The molecule has 0 atom stereocenters. The van der Waals surface area contributed by atoms with Crippen molar-refractivity contribution in [2.75, 3.05) is 24.7 Å². The molecule has 0 aliphatic rings. The van der Waals surface area contributed by atoms with E-state index in [2.05, 4.69) is 10.6 Å². The molecular weight excluding hydrogens is 362 g/mol. The van der Waals surface area contributed by atoms with Gasteiger partial charge in [0.2, 0.25) is 0 Å². The predicted molar refractivity (Wildman–Crippen MR) is 94.3 cm³/mol. The minimum absolute atomic E-state index is 0.0979. The summed E-state index contributed by atoms with van der Waals surface area (Å²) >= 11 is 0. The van der Waals surface area contributed by atoms with E-state index in [1.807, 2.05) is 0 Å². The van der Waals surface area contributed by atoms with Gasteiger partial charge in [-0.2, -0.15) is 0 Å². The fraction of sp³-hybridized carbons (Fsp3) is 0.222. The van der Waals surface area contributed by atoms with Gasteiger partial charge in [0, 0.05) is 36.6 Å². The Hall–Kier alpha value is -3.20. The van der Waals surface area contributed by atoms with Crippen LogP contribution < -0.4 is 10.6 Å². The Morgan fingerprint density at radius 3 is 1.52 bits per heavy atom. The molecule has 0 radical (unpaired) electrons. The van der Waals surface area contributed by atoms with E-state index >= 15 is 0 Å². The molecular formula is C18H18F2N2O5. The number of rotatable bonds is 8. The van der Waals surface area contributed by atoms with Crippen molar-refractivity contribution in [3.63, 3.8) is 0 Å². The molecule has 0 amide bonds. The highest BCUT2D eigenvalue weighted by Crippen LogP contribution is 2.24. The molecule has 0 aliphatic carbocycles. The average molecular weight is 380 g/mol. The number of aromatic carboxylic acids is 2. The molecule has 2 rings (SSSR count). The smallest absolute Gasteiger partial charge is 0.337 e. The van der Waals surface area contributed by atoms with Gasteiger partial charge in [0.1, 0.15) is 11.6 Å². The van der Waals surface area contributed by atoms with Gasteiger partial charge in [-0.25, -0.2) is 18.4 Å². The van der Waals surface area contributed by atoms with Crippen LogP contribution in [0.5, 0.6) is 0 Å². The molecule has 0 spiro atoms. The third-order valence-electron chi connectivity index (χ3n) is 3.89. The van der Waals surface area contributed by atoms with E-state index in [0.717, 1.165) is 12.1 Å². The normalized spacial score (nSPS) is 10.5. The largest absolute Gasteiger partial charge is 0.478 e. The zero-order chi connectivity index (χ0) is 20.1. The zero-order valence-corrected chi connectivity index (χ0v) is 14.6. The van der Waals surface area contributed by atoms with Crippen molar-refractivity contribution in [3.8, 4) is 0 Å². The van der Waals surface area contributed by atoms with Crippen molar-refractivity contribution in [2.45, 2.75) is 13.2 Å². The molecule has 0 bridgehead atoms. The standard InChI is InChI=1S/C18H18F2N2O5/c1-21-15-3-9(13(19)5-11(15)17(23)24)7-27-8-10-4-16(22-2)12(18(25)26)6-14(10)20/h3-6,21-22H,7-8H2,1-2H3,(H,23,24)(H,25,26). The number of carboxylic acids is 2. The van der Waals surface area contributed by atoms with Gasteiger partial charge in [0.25, 0.3) is 0 Å². The highest BCUT2D eigenvalue weighted by molar-refractivity contribution is 5.95. The lowest BCUT2D eigenvalue weighted by Crippen LogP contribution is -2.08. The average Bonchev–Trinajstić information content (AvgIpc) is 2.63. The summed E-state index contributed by atoms with van der Waals surface area (Å²) in [5, 5.41) is 23.4. The maximum atomic E-state index is 14.1. The summed E-state index contributed by atoms with van der Waals surface area (Å²) in [6.07, 6.45) is 0. The molecule has 2 aromatic carbocycles. The predicted octanol–water partition coefficient (Wildman–Crippen LogP) is 3.16. The maximum absolute atomic E-state index is 14.1. The van der Waals surface area contributed by atoms with E-state index in [4.69, 9.17) is 14.9 Å². The van der Waals surface area contributed by atoms with Gasteiger partial charge in [-0.3, -0.25) is 0 Å². The monoisotopic (exact) mass is 380 g/mol. The topological polar surface area (TPSA) is 108 Å². The van der Waals surface area contributed by atoms with Gasteiger partial charge < -0.3 is 25.6 Å². The van der Waals surface area contributed by atoms with Gasteiger partial charge in [0.05, 0.1) is 24.3 Å². The number of carbonyl (C=O) groups is 2. The molecule has 7 nitrogen and oxygen atoms in total. The molecule has 0 saturated heterocycles. The van der Waals surface area contributed by atoms with E-state index in [1.165, 1.54) is 26.2 Å². The second-order valence-electron chi connectivity index (χ2n) is 5.58. The van der Waals surface area contributed by atoms with E-state index in [1.54, 1.807) is 0 Å². The Morgan fingerprint density at radius 2 is 1.22 bits per heavy atom. The highest BCUT2D eigenvalue weighted by atomic mass is 19.1. The minimum Gasteiger partial charge on any atom is -0.478 e. The van der Waals surface area contributed by atoms with Gasteiger partial charge in [0.15, 0.2) is 0 Å². The lowest BCUT2D eigenvalue weighted by atomic mass is 10.1. The number of anilines is 2. The van der Waals surface area contributed by atoms with Gasteiger partial charge in [-0.15, -0.1) is 0 Å². The number of hydrogen-bond acceptors (Lipinski definition) is 5. The third-order valence-corrected chi connectivity index (χ3v) is 3.89. The van der Waals surface area contributed by atoms with Crippen molar-refractivity contribution >= 4 is 23.3 Å². The first-order valence-electron chi connectivity index (χ1n) is 7.83. The Morgan fingerprint density at radius 1 is 0.852 bits per heavy atom. The number of carboxylic acid groups (broad SMARTS) is 2. The van der Waals surface area contributed by atoms with Crippen LogP contribution in [0, 0.1) is 11.6 Å². The molecule has 4 N–H and O–H groups in total. The molecule has 0 unspecified atom stereocenters. The van der Waals surface area contributed by atoms with Crippen LogP contribution in [-0.2, 0) is 18.0 Å². The summed E-state index contributed by atoms with van der Waals surface area (Å²) in [6, 6.07) is 4.38. The van der Waals surface area contributed by atoms with Crippen LogP contribution in [0.4, 0.5) is 20.2 Å². The first-order chi connectivity index (χ1) is 12.8. The zero-order valence-electron chi connectivity index (χ0n) is 14.6. The Labute approximate surface area is 153 Å². The Bertz CT molecular complexity index is 815. The molecule has 9 heteroatoms. The Balaban J connectivity index is 2.17. The fourth-order valence-electron chi connectivity index (χ4n) is 2.50. The van der Waals surface area contributed by atoms with Crippen LogP contribution in [0.1, 0.15) is 31.8 Å². The molecule has 0 fully saturated rings. The van der Waals surface area contributed by atoms with Gasteiger partial charge >= 0.3 is 11.9 Å². The second-order valence-corrected chi connectivity index (χ2v) is 5.58. The summed E-state index contributed by atoms with van der Waals surface area (Å²) in [7, 11) is 3.01. The summed E-state index contributed by atoms with van der Waals surface area (Å²) in [5.41, 5.74) is 0.205. The van der Waals surface area contributed by atoms with Crippen LogP contribution in [0.25, 0.3) is 0 Å². The van der Waals surface area contributed by atoms with Gasteiger partial charge in [-0.05, 0) is 24.3 Å². The molecule has 0 aliphatic heterocycles. The Kier molecular flexibility index (Phi) is 6.30. The van der Waals surface area contributed by atoms with Crippen molar-refractivity contribution in [3.05, 3.63) is 58.2 Å². The lowest BCUT2D eigenvalue weighted by Gasteiger charge is -2.12. The summed E-state index contributed by atoms with van der Waals surface area (Å²) in [4.78, 5) is 22.2. The first-order valence-corrected chi connectivity index (χ1v) is 7.83. The summed E-state index contributed by atoms with van der Waals surface area (Å²) in [6.45, 7) is -0.454. The van der Waals surface area contributed by atoms with E-state index in [0.29, 0.717) is 0 Å². The molecule has 0 saturated carbocycles. The molecule has 27 heavy (non-hydrogen) atoms. The first kappa shape index (κ1) is 20.1. The minimum atomic E-state index is -1.27. The molecule has 0 heterocycles. The SMILES string of the molecule is CNc1cc(COCc2cc(NC)c(C(=O)O)cc2F)c(F)cc1C(=O)O. The highest BCUT2D eigenvalue weighted by Gasteiger charge is 2.16. The fourth-order valence-corrected chi connectivity index (χ4v) is 2.50. The van der Waals surface area contributed by atoms with Crippen LogP contribution in [0.3, 0.4) is 0 Å².